The number of amides is 1. The van der Waals surface area contributed by atoms with E-state index in [1.54, 1.807) is 45.3 Å². The van der Waals surface area contributed by atoms with Crippen LogP contribution in [0.5, 0.6) is 0 Å². The predicted octanol–water partition coefficient (Wildman–Crippen LogP) is 2.56. The van der Waals surface area contributed by atoms with Gasteiger partial charge in [-0.3, -0.25) is 4.79 Å². The van der Waals surface area contributed by atoms with Gasteiger partial charge in [-0.2, -0.15) is 9.90 Å². The minimum absolute atomic E-state index is 0.0753. The molecular formula is C20H20N4O3. The molecule has 0 bridgehead atoms. The zero-order valence-corrected chi connectivity index (χ0v) is 15.4. The predicted molar refractivity (Wildman–Crippen MR) is 99.4 cm³/mol. The van der Waals surface area contributed by atoms with Crippen molar-refractivity contribution in [2.24, 2.45) is 0 Å². The first-order chi connectivity index (χ1) is 13.0. The highest BCUT2D eigenvalue weighted by atomic mass is 16.5. The molecule has 2 aromatic carbocycles. The van der Waals surface area contributed by atoms with E-state index < -0.39 is 12.1 Å². The molecule has 3 rings (SSSR count). The Kier molecular flexibility index (Phi) is 5.30. The molecule has 0 aliphatic carbocycles. The van der Waals surface area contributed by atoms with Gasteiger partial charge in [0.15, 0.2) is 5.69 Å². The fourth-order valence-electron chi connectivity index (χ4n) is 2.53. The van der Waals surface area contributed by atoms with E-state index in [4.69, 9.17) is 4.74 Å². The van der Waals surface area contributed by atoms with E-state index in [1.165, 1.54) is 9.70 Å². The number of ether oxygens (including phenoxy) is 1. The van der Waals surface area contributed by atoms with E-state index in [9.17, 15) is 9.59 Å². The first-order valence-corrected chi connectivity index (χ1v) is 8.44. The lowest BCUT2D eigenvalue weighted by molar-refractivity contribution is -0.138. The number of aromatic nitrogens is 3. The Bertz CT molecular complexity index is 936. The molecule has 27 heavy (non-hydrogen) atoms. The van der Waals surface area contributed by atoms with Crippen LogP contribution in [0.15, 0.2) is 60.7 Å². The molecule has 0 unspecified atom stereocenters. The molecule has 0 aliphatic heterocycles. The number of carbonyl (C=O) groups excluding carboxylic acids is 2. The van der Waals surface area contributed by atoms with Crippen molar-refractivity contribution < 1.29 is 14.3 Å². The number of aryl methyl sites for hydroxylation is 1. The zero-order chi connectivity index (χ0) is 19.4. The normalized spacial score (nSPS) is 11.7. The molecular weight excluding hydrogens is 344 g/mol. The smallest absolute Gasteiger partial charge is 0.361 e. The van der Waals surface area contributed by atoms with Gasteiger partial charge in [-0.25, -0.2) is 4.79 Å². The third-order valence-corrected chi connectivity index (χ3v) is 3.95. The van der Waals surface area contributed by atoms with Gasteiger partial charge in [-0.15, -0.1) is 5.10 Å². The number of nitrogens with zero attached hydrogens (tertiary/aromatic N) is 4. The highest BCUT2D eigenvalue weighted by molar-refractivity contribution is 5.91. The molecule has 0 saturated carbocycles. The molecule has 1 amide bonds. The summed E-state index contributed by atoms with van der Waals surface area (Å²) in [5.41, 5.74) is 1.82. The second kappa shape index (κ2) is 7.82. The Hall–Kier alpha value is -3.48. The first kappa shape index (κ1) is 18.3. The van der Waals surface area contributed by atoms with E-state index >= 15 is 0 Å². The van der Waals surface area contributed by atoms with Crippen LogP contribution in [-0.4, -0.2) is 45.9 Å². The quantitative estimate of drug-likeness (QED) is 0.650. The average Bonchev–Trinajstić information content (AvgIpc) is 3.08. The minimum Gasteiger partial charge on any atom is -0.442 e. The van der Waals surface area contributed by atoms with Crippen molar-refractivity contribution in [3.05, 3.63) is 77.6 Å². The summed E-state index contributed by atoms with van der Waals surface area (Å²) in [6.07, 6.45) is -1.05. The maximum absolute atomic E-state index is 12.7. The Balaban J connectivity index is 1.88. The summed E-state index contributed by atoms with van der Waals surface area (Å²) in [6, 6.07) is 18.1. The van der Waals surface area contributed by atoms with Crippen molar-refractivity contribution >= 4 is 11.9 Å². The van der Waals surface area contributed by atoms with Crippen molar-refractivity contribution in [1.29, 1.82) is 0 Å². The molecule has 0 fully saturated rings. The fourth-order valence-corrected chi connectivity index (χ4v) is 2.53. The minimum atomic E-state index is -1.05. The van der Waals surface area contributed by atoms with Crippen LogP contribution in [0.2, 0.25) is 0 Å². The average molecular weight is 364 g/mol. The SMILES string of the molecule is Cc1nn(-c2ccccc2)nc1C(=O)O[C@@H](C(=O)N(C)C)c1ccccc1. The van der Waals surface area contributed by atoms with Crippen molar-refractivity contribution in [2.45, 2.75) is 13.0 Å². The first-order valence-electron chi connectivity index (χ1n) is 8.44. The molecule has 0 radical (unpaired) electrons. The maximum Gasteiger partial charge on any atom is 0.361 e. The van der Waals surface area contributed by atoms with Crippen LogP contribution in [0.25, 0.3) is 5.69 Å². The summed E-state index contributed by atoms with van der Waals surface area (Å²) < 4.78 is 5.53. The molecule has 1 heterocycles. The van der Waals surface area contributed by atoms with Crippen molar-refractivity contribution in [2.75, 3.05) is 14.1 Å². The number of para-hydroxylation sites is 1. The molecule has 3 aromatic rings. The van der Waals surface area contributed by atoms with Gasteiger partial charge < -0.3 is 9.64 Å². The second-order valence-corrected chi connectivity index (χ2v) is 6.19. The van der Waals surface area contributed by atoms with Gasteiger partial charge in [-0.05, 0) is 19.1 Å². The third kappa shape index (κ3) is 4.03. The lowest BCUT2D eigenvalue weighted by Gasteiger charge is -2.20. The number of hydrogen-bond donors (Lipinski definition) is 0. The maximum atomic E-state index is 12.7. The van der Waals surface area contributed by atoms with Gasteiger partial charge in [0.2, 0.25) is 6.10 Å². The van der Waals surface area contributed by atoms with Crippen molar-refractivity contribution in [3.63, 3.8) is 0 Å². The summed E-state index contributed by atoms with van der Waals surface area (Å²) in [7, 11) is 3.23. The summed E-state index contributed by atoms with van der Waals surface area (Å²) in [4.78, 5) is 28.0. The third-order valence-electron chi connectivity index (χ3n) is 3.95. The molecule has 0 N–H and O–H groups in total. The standard InChI is InChI=1S/C20H20N4O3/c1-14-17(22-24(21-14)16-12-8-5-9-13-16)20(26)27-18(19(25)23(2)3)15-10-6-4-7-11-15/h4-13,18H,1-3H3/t18-/m1/s1. The molecule has 0 saturated heterocycles. The van der Waals surface area contributed by atoms with Gasteiger partial charge in [0.25, 0.3) is 5.91 Å². The van der Waals surface area contributed by atoms with Crippen molar-refractivity contribution in [1.82, 2.24) is 19.9 Å². The number of esters is 1. The summed E-state index contributed by atoms with van der Waals surface area (Å²) >= 11 is 0. The highest BCUT2D eigenvalue weighted by Gasteiger charge is 2.29. The van der Waals surface area contributed by atoms with Crippen LogP contribution in [0.1, 0.15) is 27.8 Å². The molecule has 7 nitrogen and oxygen atoms in total. The van der Waals surface area contributed by atoms with E-state index in [0.29, 0.717) is 11.3 Å². The Morgan fingerprint density at radius 2 is 1.56 bits per heavy atom. The Morgan fingerprint density at radius 3 is 2.15 bits per heavy atom. The molecule has 1 aromatic heterocycles. The summed E-state index contributed by atoms with van der Waals surface area (Å²) in [6.45, 7) is 1.67. The van der Waals surface area contributed by atoms with Gasteiger partial charge >= 0.3 is 5.97 Å². The topological polar surface area (TPSA) is 77.3 Å². The van der Waals surface area contributed by atoms with Crippen LogP contribution in [-0.2, 0) is 9.53 Å². The number of rotatable bonds is 5. The number of benzene rings is 2. The Labute approximate surface area is 157 Å². The van der Waals surface area contributed by atoms with E-state index in [2.05, 4.69) is 10.2 Å². The van der Waals surface area contributed by atoms with Crippen LogP contribution in [0.4, 0.5) is 0 Å². The summed E-state index contributed by atoms with van der Waals surface area (Å²) in [5, 5.41) is 8.51. The highest BCUT2D eigenvalue weighted by Crippen LogP contribution is 2.21. The molecule has 1 atom stereocenters. The monoisotopic (exact) mass is 364 g/mol. The largest absolute Gasteiger partial charge is 0.442 e. The second-order valence-electron chi connectivity index (χ2n) is 6.19. The number of likely N-dealkylation sites (N-methyl/N-ethyl adjacent to an activating group) is 1. The van der Waals surface area contributed by atoms with Crippen LogP contribution < -0.4 is 0 Å². The molecule has 0 aliphatic rings. The van der Waals surface area contributed by atoms with Crippen LogP contribution in [0, 0.1) is 6.92 Å². The number of carbonyl (C=O) groups is 2. The lowest BCUT2D eigenvalue weighted by atomic mass is 10.1. The zero-order valence-electron chi connectivity index (χ0n) is 15.4. The molecule has 138 valence electrons. The molecule has 0 spiro atoms. The lowest BCUT2D eigenvalue weighted by Crippen LogP contribution is -2.31. The van der Waals surface area contributed by atoms with E-state index in [-0.39, 0.29) is 11.6 Å². The van der Waals surface area contributed by atoms with Gasteiger partial charge in [0.1, 0.15) is 0 Å². The van der Waals surface area contributed by atoms with Gasteiger partial charge in [0.05, 0.1) is 11.4 Å². The Morgan fingerprint density at radius 1 is 0.963 bits per heavy atom. The number of hydrogen-bond acceptors (Lipinski definition) is 5. The summed E-state index contributed by atoms with van der Waals surface area (Å²) in [5.74, 6) is -1.03. The van der Waals surface area contributed by atoms with Gasteiger partial charge in [0, 0.05) is 19.7 Å². The fraction of sp³-hybridized carbons (Fsp3) is 0.200. The van der Waals surface area contributed by atoms with Crippen LogP contribution >= 0.6 is 0 Å². The van der Waals surface area contributed by atoms with Crippen molar-refractivity contribution in [3.8, 4) is 5.69 Å². The van der Waals surface area contributed by atoms with E-state index in [0.717, 1.165) is 5.69 Å². The van der Waals surface area contributed by atoms with E-state index in [1.807, 2.05) is 36.4 Å². The molecule has 7 heteroatoms. The van der Waals surface area contributed by atoms with Gasteiger partial charge in [-0.1, -0.05) is 48.5 Å². The van der Waals surface area contributed by atoms with Crippen LogP contribution in [0.3, 0.4) is 0 Å².